The molecule has 1 saturated heterocycles. The smallest absolute Gasteiger partial charge is 0.293 e. The molecule has 0 unspecified atom stereocenters. The summed E-state index contributed by atoms with van der Waals surface area (Å²) < 4.78 is 0. The molecule has 0 radical (unpaired) electrons. The second-order valence-corrected chi connectivity index (χ2v) is 5.54. The third-order valence-corrected chi connectivity index (χ3v) is 3.91. The largest absolute Gasteiger partial charge is 0.366 e. The first-order valence-corrected chi connectivity index (χ1v) is 7.74. The van der Waals surface area contributed by atoms with Crippen molar-refractivity contribution in [2.75, 3.05) is 44.2 Å². The van der Waals surface area contributed by atoms with Gasteiger partial charge in [-0.15, -0.1) is 0 Å². The van der Waals surface area contributed by atoms with Gasteiger partial charge in [0.15, 0.2) is 0 Å². The first kappa shape index (κ1) is 17.7. The van der Waals surface area contributed by atoms with E-state index >= 15 is 0 Å². The Bertz CT molecular complexity index is 641. The lowest BCUT2D eigenvalue weighted by molar-refractivity contribution is -0.384. The quantitative estimate of drug-likeness (QED) is 0.555. The van der Waals surface area contributed by atoms with Gasteiger partial charge in [0, 0.05) is 44.4 Å². The lowest BCUT2D eigenvalue weighted by Gasteiger charge is -2.35. The van der Waals surface area contributed by atoms with Gasteiger partial charge in [0.05, 0.1) is 11.5 Å². The number of nitrogens with two attached hydrogens (primary N) is 1. The molecule has 0 bridgehead atoms. The molecular formula is C15H21N5O4. The lowest BCUT2D eigenvalue weighted by atomic mass is 10.1. The third-order valence-electron chi connectivity index (χ3n) is 3.91. The summed E-state index contributed by atoms with van der Waals surface area (Å²) in [7, 11) is 0. The van der Waals surface area contributed by atoms with Crippen LogP contribution in [-0.2, 0) is 4.79 Å². The number of hydrogen-bond acceptors (Lipinski definition) is 6. The van der Waals surface area contributed by atoms with Crippen LogP contribution in [-0.4, -0.2) is 60.9 Å². The van der Waals surface area contributed by atoms with Gasteiger partial charge in [0.2, 0.25) is 11.8 Å². The number of anilines is 1. The number of primary amides is 1. The first-order valence-electron chi connectivity index (χ1n) is 7.74. The van der Waals surface area contributed by atoms with Crippen LogP contribution in [0.15, 0.2) is 18.2 Å². The van der Waals surface area contributed by atoms with Crippen molar-refractivity contribution >= 4 is 23.2 Å². The van der Waals surface area contributed by atoms with E-state index in [2.05, 4.69) is 5.32 Å². The number of carbonyl (C=O) groups is 2. The number of rotatable bonds is 6. The molecule has 1 aromatic carbocycles. The van der Waals surface area contributed by atoms with Gasteiger partial charge >= 0.3 is 0 Å². The number of nitrogens with zero attached hydrogens (tertiary/aromatic N) is 3. The zero-order chi connectivity index (χ0) is 17.7. The summed E-state index contributed by atoms with van der Waals surface area (Å²) in [5.41, 5.74) is 5.62. The van der Waals surface area contributed by atoms with E-state index in [1.807, 2.05) is 16.7 Å². The van der Waals surface area contributed by atoms with Crippen LogP contribution >= 0.6 is 0 Å². The Balaban J connectivity index is 2.07. The number of benzene rings is 1. The average molecular weight is 335 g/mol. The highest BCUT2D eigenvalue weighted by atomic mass is 16.6. The number of nitro groups is 1. The minimum Gasteiger partial charge on any atom is -0.366 e. The lowest BCUT2D eigenvalue weighted by Crippen LogP contribution is -2.49. The molecule has 130 valence electrons. The van der Waals surface area contributed by atoms with Crippen LogP contribution in [0.25, 0.3) is 0 Å². The third kappa shape index (κ3) is 4.19. The molecule has 9 nitrogen and oxygen atoms in total. The van der Waals surface area contributed by atoms with E-state index in [1.54, 1.807) is 6.07 Å². The van der Waals surface area contributed by atoms with E-state index in [4.69, 9.17) is 5.73 Å². The predicted molar refractivity (Wildman–Crippen MR) is 89.0 cm³/mol. The summed E-state index contributed by atoms with van der Waals surface area (Å²) in [6.07, 6.45) is 0. The Labute approximate surface area is 139 Å². The van der Waals surface area contributed by atoms with Gasteiger partial charge in [-0.3, -0.25) is 24.6 Å². The Morgan fingerprint density at radius 3 is 2.50 bits per heavy atom. The number of likely N-dealkylation sites (N-methyl/N-ethyl adjacent to an activating group) is 1. The molecule has 0 spiro atoms. The summed E-state index contributed by atoms with van der Waals surface area (Å²) in [5.74, 6) is -0.723. The summed E-state index contributed by atoms with van der Waals surface area (Å²) in [4.78, 5) is 37.5. The van der Waals surface area contributed by atoms with Crippen LogP contribution in [0.3, 0.4) is 0 Å². The second-order valence-electron chi connectivity index (χ2n) is 5.54. The fraction of sp³-hybridized carbons (Fsp3) is 0.467. The van der Waals surface area contributed by atoms with E-state index in [9.17, 15) is 19.7 Å². The SMILES string of the molecule is CCNC(=O)CN1CCN(c2ccc(C(N)=O)cc2[N+](=O)[O-])CC1. The number of amides is 2. The number of hydrogen-bond donors (Lipinski definition) is 2. The number of nitro benzene ring substituents is 1. The van der Waals surface area contributed by atoms with Crippen molar-refractivity contribution in [2.24, 2.45) is 5.73 Å². The Morgan fingerprint density at radius 1 is 1.29 bits per heavy atom. The van der Waals surface area contributed by atoms with Crippen molar-refractivity contribution in [2.45, 2.75) is 6.92 Å². The van der Waals surface area contributed by atoms with Gasteiger partial charge < -0.3 is 16.0 Å². The topological polar surface area (TPSA) is 122 Å². The van der Waals surface area contributed by atoms with Gasteiger partial charge in [0.25, 0.3) is 5.69 Å². The van der Waals surface area contributed by atoms with E-state index < -0.39 is 10.8 Å². The van der Waals surface area contributed by atoms with Crippen molar-refractivity contribution in [3.63, 3.8) is 0 Å². The monoisotopic (exact) mass is 335 g/mol. The van der Waals surface area contributed by atoms with Gasteiger partial charge in [-0.2, -0.15) is 0 Å². The summed E-state index contributed by atoms with van der Waals surface area (Å²) in [6, 6.07) is 4.25. The fourth-order valence-corrected chi connectivity index (χ4v) is 2.69. The fourth-order valence-electron chi connectivity index (χ4n) is 2.69. The van der Waals surface area contributed by atoms with Gasteiger partial charge in [-0.25, -0.2) is 0 Å². The van der Waals surface area contributed by atoms with Crippen LogP contribution < -0.4 is 16.0 Å². The van der Waals surface area contributed by atoms with Crippen LogP contribution in [0.5, 0.6) is 0 Å². The molecular weight excluding hydrogens is 314 g/mol. The minimum absolute atomic E-state index is 0.0252. The van der Waals surface area contributed by atoms with Crippen molar-refractivity contribution in [1.29, 1.82) is 0 Å². The molecule has 1 aromatic rings. The molecule has 1 heterocycles. The number of nitrogens with one attached hydrogen (secondary N) is 1. The molecule has 1 aliphatic heterocycles. The van der Waals surface area contributed by atoms with E-state index in [1.165, 1.54) is 12.1 Å². The van der Waals surface area contributed by atoms with Crippen LogP contribution in [0.4, 0.5) is 11.4 Å². The Hall–Kier alpha value is -2.68. The molecule has 0 aromatic heterocycles. The molecule has 3 N–H and O–H groups in total. The highest BCUT2D eigenvalue weighted by molar-refractivity contribution is 5.94. The molecule has 0 atom stereocenters. The van der Waals surface area contributed by atoms with Crippen LogP contribution in [0.2, 0.25) is 0 Å². The highest BCUT2D eigenvalue weighted by Gasteiger charge is 2.25. The maximum atomic E-state index is 11.6. The van der Waals surface area contributed by atoms with E-state index in [0.29, 0.717) is 45.0 Å². The maximum absolute atomic E-state index is 11.6. The molecule has 1 fully saturated rings. The highest BCUT2D eigenvalue weighted by Crippen LogP contribution is 2.30. The van der Waals surface area contributed by atoms with Gasteiger partial charge in [-0.05, 0) is 19.1 Å². The van der Waals surface area contributed by atoms with Crippen molar-refractivity contribution in [3.8, 4) is 0 Å². The number of piperazine rings is 1. The summed E-state index contributed by atoms with van der Waals surface area (Å²) in [6.45, 7) is 5.18. The Kier molecular flexibility index (Phi) is 5.69. The zero-order valence-corrected chi connectivity index (χ0v) is 13.5. The van der Waals surface area contributed by atoms with Gasteiger partial charge in [0.1, 0.15) is 5.69 Å². The minimum atomic E-state index is -0.698. The average Bonchev–Trinajstić information content (AvgIpc) is 2.55. The molecule has 1 aliphatic rings. The van der Waals surface area contributed by atoms with E-state index in [-0.39, 0.29) is 17.2 Å². The first-order chi connectivity index (χ1) is 11.4. The zero-order valence-electron chi connectivity index (χ0n) is 13.5. The predicted octanol–water partition coefficient (Wildman–Crippen LogP) is -0.0482. The standard InChI is InChI=1S/C15H21N5O4/c1-2-17-14(21)10-18-5-7-19(8-6-18)12-4-3-11(15(16)22)9-13(12)20(23)24/h3-4,9H,2,5-8,10H2,1H3,(H2,16,22)(H,17,21). The van der Waals surface area contributed by atoms with Crippen molar-refractivity contribution in [3.05, 3.63) is 33.9 Å². The molecule has 2 amide bonds. The molecule has 2 rings (SSSR count). The molecule has 0 aliphatic carbocycles. The maximum Gasteiger partial charge on any atom is 0.293 e. The summed E-state index contributed by atoms with van der Waals surface area (Å²) >= 11 is 0. The van der Waals surface area contributed by atoms with Crippen LogP contribution in [0, 0.1) is 10.1 Å². The van der Waals surface area contributed by atoms with Crippen molar-refractivity contribution < 1.29 is 14.5 Å². The summed E-state index contributed by atoms with van der Waals surface area (Å²) in [5, 5.41) is 14.0. The number of carbonyl (C=O) groups excluding carboxylic acids is 2. The van der Waals surface area contributed by atoms with Gasteiger partial charge in [-0.1, -0.05) is 0 Å². The van der Waals surface area contributed by atoms with Crippen LogP contribution in [0.1, 0.15) is 17.3 Å². The Morgan fingerprint density at radius 2 is 1.96 bits per heavy atom. The van der Waals surface area contributed by atoms with E-state index in [0.717, 1.165) is 0 Å². The molecule has 24 heavy (non-hydrogen) atoms. The second kappa shape index (κ2) is 7.73. The van der Waals surface area contributed by atoms with Crippen molar-refractivity contribution in [1.82, 2.24) is 10.2 Å². The normalized spacial score (nSPS) is 15.1. The molecule has 0 saturated carbocycles. The molecule has 9 heteroatoms.